The maximum Gasteiger partial charge on any atom is 0.141 e. The number of rotatable bonds is 7. The molecular formula is C14H19ClFNO. The molecule has 18 heavy (non-hydrogen) atoms. The number of hydrogen-bond donors (Lipinski definition) is 1. The van der Waals surface area contributed by atoms with E-state index >= 15 is 0 Å². The standard InChI is InChI=1S/C14H19ClFNO/c1-10(2)9-18-7-6-17-11(3)12-4-5-14(16)13(15)8-12/h4-5,8,11,17H,1,6-7,9H2,2-3H3. The van der Waals surface area contributed by atoms with Gasteiger partial charge in [0.15, 0.2) is 0 Å². The lowest BCUT2D eigenvalue weighted by Crippen LogP contribution is -2.23. The van der Waals surface area contributed by atoms with Crippen LogP contribution in [0.15, 0.2) is 30.4 Å². The topological polar surface area (TPSA) is 21.3 Å². The first kappa shape index (κ1) is 15.2. The highest BCUT2D eigenvalue weighted by molar-refractivity contribution is 6.30. The third-order valence-corrected chi connectivity index (χ3v) is 2.78. The molecule has 1 aromatic rings. The summed E-state index contributed by atoms with van der Waals surface area (Å²) in [6.45, 7) is 9.61. The second-order valence-electron chi connectivity index (χ2n) is 4.36. The Balaban J connectivity index is 2.34. The summed E-state index contributed by atoms with van der Waals surface area (Å²) in [6.07, 6.45) is 0. The molecule has 0 fully saturated rings. The maximum atomic E-state index is 13.0. The van der Waals surface area contributed by atoms with Crippen LogP contribution in [-0.2, 0) is 4.74 Å². The molecule has 100 valence electrons. The number of nitrogens with one attached hydrogen (secondary N) is 1. The van der Waals surface area contributed by atoms with E-state index in [4.69, 9.17) is 16.3 Å². The molecule has 4 heteroatoms. The highest BCUT2D eigenvalue weighted by Crippen LogP contribution is 2.20. The van der Waals surface area contributed by atoms with E-state index in [0.717, 1.165) is 17.7 Å². The maximum absolute atomic E-state index is 13.0. The molecular weight excluding hydrogens is 253 g/mol. The number of ether oxygens (including phenoxy) is 1. The lowest BCUT2D eigenvalue weighted by atomic mass is 10.1. The Morgan fingerprint density at radius 3 is 2.89 bits per heavy atom. The van der Waals surface area contributed by atoms with Crippen molar-refractivity contribution in [1.29, 1.82) is 0 Å². The first-order valence-corrected chi connectivity index (χ1v) is 6.29. The van der Waals surface area contributed by atoms with Crippen molar-refractivity contribution in [2.75, 3.05) is 19.8 Å². The fourth-order valence-electron chi connectivity index (χ4n) is 1.49. The van der Waals surface area contributed by atoms with Gasteiger partial charge in [-0.3, -0.25) is 0 Å². The van der Waals surface area contributed by atoms with E-state index in [2.05, 4.69) is 11.9 Å². The molecule has 1 aromatic carbocycles. The van der Waals surface area contributed by atoms with Gasteiger partial charge < -0.3 is 10.1 Å². The second kappa shape index (κ2) is 7.52. The highest BCUT2D eigenvalue weighted by Gasteiger charge is 2.07. The van der Waals surface area contributed by atoms with Crippen LogP contribution >= 0.6 is 11.6 Å². The molecule has 0 aromatic heterocycles. The van der Waals surface area contributed by atoms with Gasteiger partial charge in [-0.25, -0.2) is 4.39 Å². The Kier molecular flexibility index (Phi) is 6.33. The van der Waals surface area contributed by atoms with E-state index in [1.54, 1.807) is 12.1 Å². The van der Waals surface area contributed by atoms with E-state index < -0.39 is 5.82 Å². The van der Waals surface area contributed by atoms with Crippen molar-refractivity contribution in [3.05, 3.63) is 46.8 Å². The van der Waals surface area contributed by atoms with Crippen molar-refractivity contribution in [1.82, 2.24) is 5.32 Å². The van der Waals surface area contributed by atoms with Crippen LogP contribution in [0.2, 0.25) is 5.02 Å². The predicted octanol–water partition coefficient (Wildman–Crippen LogP) is 3.72. The van der Waals surface area contributed by atoms with Crippen molar-refractivity contribution in [3.63, 3.8) is 0 Å². The average molecular weight is 272 g/mol. The molecule has 0 aliphatic heterocycles. The first-order valence-electron chi connectivity index (χ1n) is 5.91. The van der Waals surface area contributed by atoms with Crippen LogP contribution in [0.25, 0.3) is 0 Å². The smallest absolute Gasteiger partial charge is 0.141 e. The molecule has 0 aliphatic carbocycles. The molecule has 1 atom stereocenters. The monoisotopic (exact) mass is 271 g/mol. The Labute approximate surface area is 113 Å². The largest absolute Gasteiger partial charge is 0.376 e. The minimum atomic E-state index is -0.391. The van der Waals surface area contributed by atoms with Crippen LogP contribution in [0.1, 0.15) is 25.5 Å². The summed E-state index contributed by atoms with van der Waals surface area (Å²) in [5.74, 6) is -0.391. The zero-order valence-corrected chi connectivity index (χ0v) is 11.6. The van der Waals surface area contributed by atoms with Crippen LogP contribution < -0.4 is 5.32 Å². The Hall–Kier alpha value is -0.900. The molecule has 2 nitrogen and oxygen atoms in total. The molecule has 0 heterocycles. The number of benzene rings is 1. The fourth-order valence-corrected chi connectivity index (χ4v) is 1.68. The summed E-state index contributed by atoms with van der Waals surface area (Å²) >= 11 is 5.74. The Morgan fingerprint density at radius 1 is 1.56 bits per heavy atom. The van der Waals surface area contributed by atoms with Crippen LogP contribution in [0.4, 0.5) is 4.39 Å². The Bertz CT molecular complexity index is 409. The van der Waals surface area contributed by atoms with E-state index in [1.165, 1.54) is 6.07 Å². The predicted molar refractivity (Wildman–Crippen MR) is 73.5 cm³/mol. The second-order valence-corrected chi connectivity index (χ2v) is 4.77. The summed E-state index contributed by atoms with van der Waals surface area (Å²) in [5.41, 5.74) is 1.97. The minimum absolute atomic E-state index is 0.108. The van der Waals surface area contributed by atoms with Crippen molar-refractivity contribution < 1.29 is 9.13 Å². The van der Waals surface area contributed by atoms with Gasteiger partial charge in [0.05, 0.1) is 18.2 Å². The van der Waals surface area contributed by atoms with Crippen LogP contribution in [0.3, 0.4) is 0 Å². The van der Waals surface area contributed by atoms with E-state index in [0.29, 0.717) is 13.2 Å². The van der Waals surface area contributed by atoms with E-state index in [-0.39, 0.29) is 11.1 Å². The van der Waals surface area contributed by atoms with Gasteiger partial charge in [0, 0.05) is 12.6 Å². The van der Waals surface area contributed by atoms with Crippen molar-refractivity contribution in [2.45, 2.75) is 19.9 Å². The summed E-state index contributed by atoms with van der Waals surface area (Å²) in [4.78, 5) is 0. The van der Waals surface area contributed by atoms with Gasteiger partial charge in [-0.2, -0.15) is 0 Å². The third-order valence-electron chi connectivity index (χ3n) is 2.49. The van der Waals surface area contributed by atoms with Crippen molar-refractivity contribution in [2.24, 2.45) is 0 Å². The molecule has 0 amide bonds. The number of hydrogen-bond acceptors (Lipinski definition) is 2. The fraction of sp³-hybridized carbons (Fsp3) is 0.429. The molecule has 1 unspecified atom stereocenters. The normalized spacial score (nSPS) is 12.4. The molecule has 0 saturated heterocycles. The molecule has 0 bridgehead atoms. The summed E-state index contributed by atoms with van der Waals surface area (Å²) in [7, 11) is 0. The van der Waals surface area contributed by atoms with E-state index in [1.807, 2.05) is 13.8 Å². The lowest BCUT2D eigenvalue weighted by molar-refractivity contribution is 0.156. The molecule has 1 N–H and O–H groups in total. The highest BCUT2D eigenvalue weighted by atomic mass is 35.5. The number of halogens is 2. The van der Waals surface area contributed by atoms with Gasteiger partial charge in [-0.05, 0) is 31.5 Å². The van der Waals surface area contributed by atoms with E-state index in [9.17, 15) is 4.39 Å². The molecule has 0 radical (unpaired) electrons. The molecule has 0 spiro atoms. The van der Waals surface area contributed by atoms with Gasteiger partial charge in [0.2, 0.25) is 0 Å². The lowest BCUT2D eigenvalue weighted by Gasteiger charge is -2.14. The van der Waals surface area contributed by atoms with Gasteiger partial charge in [0.25, 0.3) is 0 Å². The van der Waals surface area contributed by atoms with Gasteiger partial charge >= 0.3 is 0 Å². The van der Waals surface area contributed by atoms with Gasteiger partial charge in [-0.15, -0.1) is 0 Å². The minimum Gasteiger partial charge on any atom is -0.376 e. The van der Waals surface area contributed by atoms with Crippen LogP contribution in [0, 0.1) is 5.82 Å². The van der Waals surface area contributed by atoms with Crippen LogP contribution in [-0.4, -0.2) is 19.8 Å². The van der Waals surface area contributed by atoms with Gasteiger partial charge in [0.1, 0.15) is 5.82 Å². The molecule has 1 rings (SSSR count). The van der Waals surface area contributed by atoms with Gasteiger partial charge in [-0.1, -0.05) is 29.8 Å². The Morgan fingerprint density at radius 2 is 2.28 bits per heavy atom. The quantitative estimate of drug-likeness (QED) is 0.603. The van der Waals surface area contributed by atoms with Crippen LogP contribution in [0.5, 0.6) is 0 Å². The zero-order chi connectivity index (χ0) is 13.5. The zero-order valence-electron chi connectivity index (χ0n) is 10.8. The van der Waals surface area contributed by atoms with Crippen molar-refractivity contribution in [3.8, 4) is 0 Å². The first-order chi connectivity index (χ1) is 8.50. The average Bonchev–Trinajstić information content (AvgIpc) is 2.31. The molecule has 0 aliphatic rings. The molecule has 0 saturated carbocycles. The summed E-state index contributed by atoms with van der Waals surface area (Å²) in [5, 5.41) is 3.44. The SMILES string of the molecule is C=C(C)COCCNC(C)c1ccc(F)c(Cl)c1. The third kappa shape index (κ3) is 5.17. The summed E-state index contributed by atoms with van der Waals surface area (Å²) < 4.78 is 18.4. The summed E-state index contributed by atoms with van der Waals surface area (Å²) in [6, 6.07) is 4.86. The van der Waals surface area contributed by atoms with Crippen molar-refractivity contribution >= 4 is 11.6 Å².